The van der Waals surface area contributed by atoms with E-state index < -0.39 is 0 Å². The minimum Gasteiger partial charge on any atom is -0.375 e. The summed E-state index contributed by atoms with van der Waals surface area (Å²) in [7, 11) is 0. The van der Waals surface area contributed by atoms with Crippen LogP contribution in [-0.2, 0) is 29.1 Å². The van der Waals surface area contributed by atoms with E-state index in [0.717, 1.165) is 23.5 Å². The highest BCUT2D eigenvalue weighted by Gasteiger charge is 2.20. The van der Waals surface area contributed by atoms with Gasteiger partial charge in [-0.2, -0.15) is 11.3 Å². The van der Waals surface area contributed by atoms with Gasteiger partial charge < -0.3 is 10.1 Å². The molecular weight excluding hydrogens is 288 g/mol. The maximum Gasteiger partial charge on any atom is 0.224 e. The number of hydrogen-bond acceptors (Lipinski definition) is 5. The van der Waals surface area contributed by atoms with Gasteiger partial charge in [-0.15, -0.1) is 5.10 Å². The molecule has 0 spiro atoms. The Kier molecular flexibility index (Phi) is 4.31. The molecule has 1 amide bonds. The smallest absolute Gasteiger partial charge is 0.224 e. The number of nitrogens with one attached hydrogen (secondary N) is 1. The van der Waals surface area contributed by atoms with E-state index >= 15 is 0 Å². The van der Waals surface area contributed by atoms with Crippen LogP contribution >= 0.6 is 11.3 Å². The van der Waals surface area contributed by atoms with Crippen LogP contribution in [-0.4, -0.2) is 34.1 Å². The summed E-state index contributed by atoms with van der Waals surface area (Å²) in [6, 6.07) is 1.98. The lowest BCUT2D eigenvalue weighted by molar-refractivity contribution is -0.120. The summed E-state index contributed by atoms with van der Waals surface area (Å²) in [6.45, 7) is 4.43. The first kappa shape index (κ1) is 14.2. The zero-order valence-electron chi connectivity index (χ0n) is 11.9. The van der Waals surface area contributed by atoms with Crippen molar-refractivity contribution in [2.45, 2.75) is 26.5 Å². The summed E-state index contributed by atoms with van der Waals surface area (Å²) >= 11 is 1.61. The number of fused-ring (bicyclic) bond motifs is 1. The molecule has 112 valence electrons. The summed E-state index contributed by atoms with van der Waals surface area (Å²) in [6.07, 6.45) is 0.435. The number of rotatable bonds is 4. The highest BCUT2D eigenvalue weighted by molar-refractivity contribution is 7.07. The van der Waals surface area contributed by atoms with Gasteiger partial charge in [-0.1, -0.05) is 5.21 Å². The SMILES string of the molecule is Cc1nnn2c1COC[C@@H](CNC(=O)Cc1ccsc1)C2. The molecule has 0 bridgehead atoms. The van der Waals surface area contributed by atoms with Crippen molar-refractivity contribution in [1.29, 1.82) is 0 Å². The molecule has 0 aromatic carbocycles. The van der Waals surface area contributed by atoms with Crippen LogP contribution in [0.2, 0.25) is 0 Å². The first-order valence-corrected chi connectivity index (χ1v) is 7.91. The van der Waals surface area contributed by atoms with Gasteiger partial charge in [-0.25, -0.2) is 4.68 Å². The van der Waals surface area contributed by atoms with E-state index in [4.69, 9.17) is 4.74 Å². The minimum absolute atomic E-state index is 0.0487. The van der Waals surface area contributed by atoms with Crippen molar-refractivity contribution in [2.75, 3.05) is 13.2 Å². The first-order chi connectivity index (χ1) is 10.2. The standard InChI is InChI=1S/C14H18N4O2S/c1-10-13-8-20-7-12(6-18(13)17-16-10)5-15-14(19)4-11-2-3-21-9-11/h2-3,9,12H,4-8H2,1H3,(H,15,19)/t12-/m0/s1. The Morgan fingerprint density at radius 3 is 3.33 bits per heavy atom. The highest BCUT2D eigenvalue weighted by atomic mass is 32.1. The van der Waals surface area contributed by atoms with Crippen LogP contribution in [0, 0.1) is 12.8 Å². The van der Waals surface area contributed by atoms with Crippen LogP contribution in [0.25, 0.3) is 0 Å². The molecule has 21 heavy (non-hydrogen) atoms. The minimum atomic E-state index is 0.0487. The normalized spacial score (nSPS) is 18.0. The molecule has 0 unspecified atom stereocenters. The van der Waals surface area contributed by atoms with E-state index in [9.17, 15) is 4.79 Å². The Labute approximate surface area is 127 Å². The van der Waals surface area contributed by atoms with Gasteiger partial charge in [0.05, 0.1) is 31.0 Å². The van der Waals surface area contributed by atoms with Gasteiger partial charge in [-0.3, -0.25) is 4.79 Å². The Hall–Kier alpha value is -1.73. The number of thiophene rings is 1. The van der Waals surface area contributed by atoms with Crippen LogP contribution in [0.1, 0.15) is 17.0 Å². The van der Waals surface area contributed by atoms with E-state index in [0.29, 0.717) is 26.2 Å². The third-order valence-electron chi connectivity index (χ3n) is 3.59. The molecule has 2 aromatic heterocycles. The summed E-state index contributed by atoms with van der Waals surface area (Å²) in [5.41, 5.74) is 3.00. The van der Waals surface area contributed by atoms with E-state index in [2.05, 4.69) is 15.6 Å². The molecule has 3 rings (SSSR count). The maximum atomic E-state index is 11.9. The molecule has 1 aliphatic heterocycles. The van der Waals surface area contributed by atoms with Crippen LogP contribution in [0.15, 0.2) is 16.8 Å². The summed E-state index contributed by atoms with van der Waals surface area (Å²) < 4.78 is 7.55. The Bertz CT molecular complexity index is 609. The van der Waals surface area contributed by atoms with Crippen LogP contribution in [0.4, 0.5) is 0 Å². The molecule has 3 heterocycles. The zero-order valence-corrected chi connectivity index (χ0v) is 12.7. The summed E-state index contributed by atoms with van der Waals surface area (Å²) in [5.74, 6) is 0.270. The number of hydrogen-bond donors (Lipinski definition) is 1. The lowest BCUT2D eigenvalue weighted by Crippen LogP contribution is -2.33. The van der Waals surface area contributed by atoms with Crippen molar-refractivity contribution in [1.82, 2.24) is 20.3 Å². The van der Waals surface area contributed by atoms with Gasteiger partial charge in [0.25, 0.3) is 0 Å². The average Bonchev–Trinajstić information content (AvgIpc) is 3.03. The van der Waals surface area contributed by atoms with Crippen molar-refractivity contribution in [3.05, 3.63) is 33.8 Å². The number of carbonyl (C=O) groups is 1. The third kappa shape index (κ3) is 3.48. The number of ether oxygens (including phenoxy) is 1. The molecule has 1 aliphatic rings. The van der Waals surface area contributed by atoms with Gasteiger partial charge in [0.1, 0.15) is 0 Å². The molecule has 2 aromatic rings. The van der Waals surface area contributed by atoms with E-state index in [1.54, 1.807) is 11.3 Å². The maximum absolute atomic E-state index is 11.9. The fourth-order valence-corrected chi connectivity index (χ4v) is 3.06. The fourth-order valence-electron chi connectivity index (χ4n) is 2.39. The van der Waals surface area contributed by atoms with Crippen molar-refractivity contribution in [2.24, 2.45) is 5.92 Å². The zero-order chi connectivity index (χ0) is 14.7. The van der Waals surface area contributed by atoms with Gasteiger partial charge in [-0.05, 0) is 29.3 Å². The van der Waals surface area contributed by atoms with Gasteiger partial charge in [0.15, 0.2) is 0 Å². The molecule has 0 saturated carbocycles. The number of carbonyl (C=O) groups excluding carboxylic acids is 1. The predicted molar refractivity (Wildman–Crippen MR) is 78.9 cm³/mol. The van der Waals surface area contributed by atoms with E-state index in [1.807, 2.05) is 28.4 Å². The van der Waals surface area contributed by atoms with Crippen LogP contribution in [0.3, 0.4) is 0 Å². The molecule has 0 radical (unpaired) electrons. The van der Waals surface area contributed by atoms with Crippen LogP contribution < -0.4 is 5.32 Å². The van der Waals surface area contributed by atoms with Crippen molar-refractivity contribution in [3.8, 4) is 0 Å². The molecule has 1 atom stereocenters. The quantitative estimate of drug-likeness (QED) is 0.920. The Morgan fingerprint density at radius 2 is 2.52 bits per heavy atom. The van der Waals surface area contributed by atoms with Crippen molar-refractivity contribution < 1.29 is 9.53 Å². The van der Waals surface area contributed by atoms with Crippen LogP contribution in [0.5, 0.6) is 0 Å². The van der Waals surface area contributed by atoms with Crippen molar-refractivity contribution >= 4 is 17.2 Å². The number of amides is 1. The second-order valence-electron chi connectivity index (χ2n) is 5.30. The average molecular weight is 306 g/mol. The second kappa shape index (κ2) is 6.36. The monoisotopic (exact) mass is 306 g/mol. The summed E-state index contributed by atoms with van der Waals surface area (Å²) in [5, 5.41) is 15.2. The van der Waals surface area contributed by atoms with Gasteiger partial charge >= 0.3 is 0 Å². The summed E-state index contributed by atoms with van der Waals surface area (Å²) in [4.78, 5) is 11.9. The molecule has 0 fully saturated rings. The van der Waals surface area contributed by atoms with Gasteiger partial charge in [0, 0.05) is 19.0 Å². The van der Waals surface area contributed by atoms with E-state index in [-0.39, 0.29) is 11.8 Å². The highest BCUT2D eigenvalue weighted by Crippen LogP contribution is 2.14. The molecule has 6 nitrogen and oxygen atoms in total. The van der Waals surface area contributed by atoms with Gasteiger partial charge in [0.2, 0.25) is 5.91 Å². The number of aryl methyl sites for hydroxylation is 1. The Morgan fingerprint density at radius 1 is 1.62 bits per heavy atom. The predicted octanol–water partition coefficient (Wildman–Crippen LogP) is 1.15. The molecule has 0 saturated heterocycles. The number of nitrogens with zero attached hydrogens (tertiary/aromatic N) is 3. The fraction of sp³-hybridized carbons (Fsp3) is 0.500. The lowest BCUT2D eigenvalue weighted by atomic mass is 10.1. The second-order valence-corrected chi connectivity index (χ2v) is 6.08. The third-order valence-corrected chi connectivity index (χ3v) is 4.32. The Balaban J connectivity index is 1.52. The lowest BCUT2D eigenvalue weighted by Gasteiger charge is -2.14. The first-order valence-electron chi connectivity index (χ1n) is 6.97. The molecular formula is C14H18N4O2S. The topological polar surface area (TPSA) is 69.0 Å². The van der Waals surface area contributed by atoms with Crippen molar-refractivity contribution in [3.63, 3.8) is 0 Å². The molecule has 0 aliphatic carbocycles. The van der Waals surface area contributed by atoms with E-state index in [1.165, 1.54) is 0 Å². The number of aromatic nitrogens is 3. The largest absolute Gasteiger partial charge is 0.375 e. The molecule has 7 heteroatoms. The molecule has 1 N–H and O–H groups in total.